The summed E-state index contributed by atoms with van der Waals surface area (Å²) in [4.78, 5) is 0. The summed E-state index contributed by atoms with van der Waals surface area (Å²) in [5.74, 6) is 4.08. The summed E-state index contributed by atoms with van der Waals surface area (Å²) in [6, 6.07) is 0. The first kappa shape index (κ1) is 15.2. The van der Waals surface area contributed by atoms with Gasteiger partial charge in [0.1, 0.15) is 0 Å². The Kier molecular flexibility index (Phi) is 4.69. The molecule has 3 aliphatic heterocycles. The molecule has 3 heterocycles. The lowest BCUT2D eigenvalue weighted by atomic mass is 9.66. The van der Waals surface area contributed by atoms with Crippen LogP contribution in [0.1, 0.15) is 58.8 Å². The molecule has 0 bridgehead atoms. The summed E-state index contributed by atoms with van der Waals surface area (Å²) in [5, 5.41) is 4.01. The Morgan fingerprint density at radius 3 is 2.85 bits per heavy atom. The summed E-state index contributed by atoms with van der Waals surface area (Å²) >= 11 is 2.09. The van der Waals surface area contributed by atoms with Crippen LogP contribution in [-0.2, 0) is 4.74 Å². The first-order valence-corrected chi connectivity index (χ1v) is 9.79. The van der Waals surface area contributed by atoms with Crippen molar-refractivity contribution >= 4 is 11.8 Å². The van der Waals surface area contributed by atoms with E-state index in [2.05, 4.69) is 30.9 Å². The number of thioether (sulfide) groups is 1. The van der Waals surface area contributed by atoms with E-state index in [1.54, 1.807) is 0 Å². The van der Waals surface area contributed by atoms with Crippen molar-refractivity contribution in [3.05, 3.63) is 0 Å². The second-order valence-electron chi connectivity index (χ2n) is 7.46. The minimum absolute atomic E-state index is 0.226. The lowest BCUT2D eigenvalue weighted by Crippen LogP contribution is -2.58. The standard InChI is InChI=1S/C17H31NOS/c1-14(2)17(7-4-3-5-9-18-17)15-6-10-19-16(12-15)8-11-20-13-16/h14-15,18H,3-13H2,1-2H3. The van der Waals surface area contributed by atoms with Gasteiger partial charge in [0.2, 0.25) is 0 Å². The third kappa shape index (κ3) is 2.78. The van der Waals surface area contributed by atoms with E-state index in [4.69, 9.17) is 4.74 Å². The highest BCUT2D eigenvalue weighted by Crippen LogP contribution is 2.47. The van der Waals surface area contributed by atoms with Crippen LogP contribution in [0.2, 0.25) is 0 Å². The zero-order valence-electron chi connectivity index (χ0n) is 13.2. The molecule has 3 rings (SSSR count). The van der Waals surface area contributed by atoms with Crippen molar-refractivity contribution in [1.29, 1.82) is 0 Å². The van der Waals surface area contributed by atoms with Crippen molar-refractivity contribution < 1.29 is 4.74 Å². The van der Waals surface area contributed by atoms with Crippen molar-refractivity contribution in [3.63, 3.8) is 0 Å². The SMILES string of the molecule is CC(C)C1(C2CCOC3(CCSC3)C2)CCCCCN1. The van der Waals surface area contributed by atoms with Gasteiger partial charge in [-0.3, -0.25) is 0 Å². The lowest BCUT2D eigenvalue weighted by molar-refractivity contribution is -0.102. The fourth-order valence-corrected chi connectivity index (χ4v) is 6.15. The molecule has 3 aliphatic rings. The molecule has 3 unspecified atom stereocenters. The molecule has 0 aromatic rings. The van der Waals surface area contributed by atoms with Crippen molar-refractivity contribution in [3.8, 4) is 0 Å². The smallest absolute Gasteiger partial charge is 0.0783 e. The predicted molar refractivity (Wildman–Crippen MR) is 87.4 cm³/mol. The van der Waals surface area contributed by atoms with Gasteiger partial charge in [0, 0.05) is 17.9 Å². The van der Waals surface area contributed by atoms with Gasteiger partial charge in [0.25, 0.3) is 0 Å². The fraction of sp³-hybridized carbons (Fsp3) is 1.00. The van der Waals surface area contributed by atoms with Gasteiger partial charge in [-0.1, -0.05) is 26.7 Å². The molecule has 0 aromatic carbocycles. The molecule has 20 heavy (non-hydrogen) atoms. The number of hydrogen-bond acceptors (Lipinski definition) is 3. The molecule has 0 saturated carbocycles. The quantitative estimate of drug-likeness (QED) is 0.836. The van der Waals surface area contributed by atoms with Crippen molar-refractivity contribution in [2.24, 2.45) is 11.8 Å². The van der Waals surface area contributed by atoms with Crippen LogP contribution in [0.15, 0.2) is 0 Å². The third-order valence-corrected chi connectivity index (χ3v) is 7.26. The number of ether oxygens (including phenoxy) is 1. The first-order valence-electron chi connectivity index (χ1n) is 8.64. The summed E-state index contributed by atoms with van der Waals surface area (Å²) in [7, 11) is 0. The number of hydrogen-bond donors (Lipinski definition) is 1. The summed E-state index contributed by atoms with van der Waals surface area (Å²) in [6.45, 7) is 7.08. The molecule has 3 fully saturated rings. The van der Waals surface area contributed by atoms with Gasteiger partial charge in [-0.15, -0.1) is 0 Å². The molecule has 1 spiro atoms. The van der Waals surface area contributed by atoms with Crippen LogP contribution in [0, 0.1) is 11.8 Å². The normalized spacial score (nSPS) is 43.0. The number of nitrogens with one attached hydrogen (secondary N) is 1. The van der Waals surface area contributed by atoms with Crippen LogP contribution >= 0.6 is 11.8 Å². The fourth-order valence-electron chi connectivity index (χ4n) is 4.77. The first-order chi connectivity index (χ1) is 9.67. The van der Waals surface area contributed by atoms with E-state index in [0.29, 0.717) is 5.54 Å². The molecule has 0 amide bonds. The van der Waals surface area contributed by atoms with E-state index in [9.17, 15) is 0 Å². The van der Waals surface area contributed by atoms with E-state index < -0.39 is 0 Å². The monoisotopic (exact) mass is 297 g/mol. The summed E-state index contributed by atoms with van der Waals surface area (Å²) in [5.41, 5.74) is 0.601. The van der Waals surface area contributed by atoms with Gasteiger partial charge < -0.3 is 10.1 Å². The second-order valence-corrected chi connectivity index (χ2v) is 8.56. The van der Waals surface area contributed by atoms with Gasteiger partial charge >= 0.3 is 0 Å². The van der Waals surface area contributed by atoms with E-state index >= 15 is 0 Å². The molecular weight excluding hydrogens is 266 g/mol. The Hall–Kier alpha value is 0.270. The summed E-state index contributed by atoms with van der Waals surface area (Å²) in [6.07, 6.45) is 9.39. The second kappa shape index (κ2) is 6.18. The molecule has 116 valence electrons. The van der Waals surface area contributed by atoms with Gasteiger partial charge in [0.15, 0.2) is 0 Å². The topological polar surface area (TPSA) is 21.3 Å². The lowest BCUT2D eigenvalue weighted by Gasteiger charge is -2.50. The maximum atomic E-state index is 6.25. The molecule has 0 aliphatic carbocycles. The predicted octanol–water partition coefficient (Wildman–Crippen LogP) is 3.85. The van der Waals surface area contributed by atoms with Gasteiger partial charge in [0.05, 0.1) is 5.60 Å². The van der Waals surface area contributed by atoms with Crippen LogP contribution in [0.4, 0.5) is 0 Å². The van der Waals surface area contributed by atoms with Gasteiger partial charge in [-0.05, 0) is 56.2 Å². The minimum Gasteiger partial charge on any atom is -0.374 e. The van der Waals surface area contributed by atoms with Crippen molar-refractivity contribution in [2.75, 3.05) is 24.7 Å². The van der Waals surface area contributed by atoms with Crippen LogP contribution in [-0.4, -0.2) is 35.8 Å². The van der Waals surface area contributed by atoms with Crippen molar-refractivity contribution in [2.45, 2.75) is 69.9 Å². The van der Waals surface area contributed by atoms with E-state index in [-0.39, 0.29) is 5.60 Å². The maximum Gasteiger partial charge on any atom is 0.0783 e. The molecule has 3 saturated heterocycles. The van der Waals surface area contributed by atoms with Crippen molar-refractivity contribution in [1.82, 2.24) is 5.32 Å². The molecular formula is C17H31NOS. The zero-order valence-corrected chi connectivity index (χ0v) is 14.1. The number of rotatable bonds is 2. The largest absolute Gasteiger partial charge is 0.374 e. The molecule has 2 nitrogen and oxygen atoms in total. The van der Waals surface area contributed by atoms with E-state index in [0.717, 1.165) is 18.4 Å². The molecule has 0 radical (unpaired) electrons. The highest BCUT2D eigenvalue weighted by molar-refractivity contribution is 7.99. The molecule has 1 N–H and O–H groups in total. The highest BCUT2D eigenvalue weighted by Gasteiger charge is 2.49. The Balaban J connectivity index is 1.79. The van der Waals surface area contributed by atoms with Crippen LogP contribution in [0.3, 0.4) is 0 Å². The Labute approximate surface area is 128 Å². The Morgan fingerprint density at radius 2 is 2.10 bits per heavy atom. The van der Waals surface area contributed by atoms with Gasteiger partial charge in [-0.25, -0.2) is 0 Å². The van der Waals surface area contributed by atoms with Crippen LogP contribution in [0.25, 0.3) is 0 Å². The van der Waals surface area contributed by atoms with Crippen LogP contribution < -0.4 is 5.32 Å². The Bertz CT molecular complexity index is 317. The highest BCUT2D eigenvalue weighted by atomic mass is 32.2. The average Bonchev–Trinajstić information content (AvgIpc) is 2.75. The minimum atomic E-state index is 0.226. The van der Waals surface area contributed by atoms with E-state index in [1.807, 2.05) is 0 Å². The third-order valence-electron chi connectivity index (χ3n) is 6.04. The van der Waals surface area contributed by atoms with E-state index in [1.165, 1.54) is 63.0 Å². The molecule has 3 heteroatoms. The Morgan fingerprint density at radius 1 is 1.20 bits per heavy atom. The zero-order chi connectivity index (χ0) is 14.1. The summed E-state index contributed by atoms with van der Waals surface area (Å²) < 4.78 is 6.25. The van der Waals surface area contributed by atoms with Gasteiger partial charge in [-0.2, -0.15) is 11.8 Å². The average molecular weight is 298 g/mol. The molecule has 3 atom stereocenters. The molecule has 0 aromatic heterocycles. The maximum absolute atomic E-state index is 6.25. The van der Waals surface area contributed by atoms with Crippen LogP contribution in [0.5, 0.6) is 0 Å².